The lowest BCUT2D eigenvalue weighted by Crippen LogP contribution is -2.18. The number of hydrogen-bond donors (Lipinski definition) is 1. The molecule has 2 aromatic carbocycles. The number of hydrogen-bond acceptors (Lipinski definition) is 3. The van der Waals surface area contributed by atoms with E-state index in [1.807, 2.05) is 42.5 Å². The molecule has 0 amide bonds. The number of nitrogens with one attached hydrogen (secondary N) is 1. The van der Waals surface area contributed by atoms with Gasteiger partial charge in [-0.05, 0) is 52.9 Å². The van der Waals surface area contributed by atoms with Gasteiger partial charge in [-0.25, -0.2) is 0 Å². The maximum absolute atomic E-state index is 5.95. The van der Waals surface area contributed by atoms with Crippen molar-refractivity contribution in [1.29, 1.82) is 0 Å². The molecule has 0 aliphatic carbocycles. The lowest BCUT2D eigenvalue weighted by atomic mass is 10.2. The number of halogens is 1. The number of ether oxygens (including phenoxy) is 2. The zero-order valence-electron chi connectivity index (χ0n) is 11.4. The van der Waals surface area contributed by atoms with E-state index >= 15 is 0 Å². The summed E-state index contributed by atoms with van der Waals surface area (Å²) in [6.07, 6.45) is 0. The van der Waals surface area contributed by atoms with Crippen LogP contribution < -0.4 is 10.1 Å². The molecule has 0 saturated carbocycles. The van der Waals surface area contributed by atoms with Crippen molar-refractivity contribution in [3.63, 3.8) is 0 Å². The van der Waals surface area contributed by atoms with Gasteiger partial charge in [0.2, 0.25) is 0 Å². The van der Waals surface area contributed by atoms with Crippen molar-refractivity contribution in [3.05, 3.63) is 57.7 Å². The minimum absolute atomic E-state index is 0.708. The summed E-state index contributed by atoms with van der Waals surface area (Å²) < 4.78 is 12.2. The Balaban J connectivity index is 2.01. The standard InChI is InChI=1S/C16H18INO2/c1-19-11-10-18-12-13-4-2-3-5-16(13)20-15-8-6-14(17)7-9-15/h2-9,18H,10-12H2,1H3. The Labute approximate surface area is 133 Å². The van der Waals surface area contributed by atoms with E-state index in [0.717, 1.165) is 30.2 Å². The predicted molar refractivity (Wildman–Crippen MR) is 89.3 cm³/mol. The second-order valence-electron chi connectivity index (χ2n) is 4.33. The summed E-state index contributed by atoms with van der Waals surface area (Å²) in [7, 11) is 1.70. The minimum Gasteiger partial charge on any atom is -0.457 e. The van der Waals surface area contributed by atoms with Crippen molar-refractivity contribution < 1.29 is 9.47 Å². The summed E-state index contributed by atoms with van der Waals surface area (Å²) >= 11 is 2.28. The fourth-order valence-electron chi connectivity index (χ4n) is 1.78. The van der Waals surface area contributed by atoms with Gasteiger partial charge in [-0.2, -0.15) is 0 Å². The summed E-state index contributed by atoms with van der Waals surface area (Å²) in [6, 6.07) is 16.1. The molecule has 0 unspecified atom stereocenters. The van der Waals surface area contributed by atoms with Crippen LogP contribution >= 0.6 is 22.6 Å². The van der Waals surface area contributed by atoms with Crippen molar-refractivity contribution >= 4 is 22.6 Å². The first-order valence-electron chi connectivity index (χ1n) is 6.50. The third-order valence-electron chi connectivity index (χ3n) is 2.81. The molecule has 3 nitrogen and oxygen atoms in total. The van der Waals surface area contributed by atoms with Crippen LogP contribution in [0, 0.1) is 3.57 Å². The van der Waals surface area contributed by atoms with Crippen LogP contribution in [0.15, 0.2) is 48.5 Å². The Morgan fingerprint density at radius 2 is 1.80 bits per heavy atom. The minimum atomic E-state index is 0.708. The molecule has 0 atom stereocenters. The summed E-state index contributed by atoms with van der Waals surface area (Å²) in [6.45, 7) is 2.30. The zero-order valence-corrected chi connectivity index (χ0v) is 13.6. The van der Waals surface area contributed by atoms with E-state index < -0.39 is 0 Å². The highest BCUT2D eigenvalue weighted by molar-refractivity contribution is 14.1. The third kappa shape index (κ3) is 4.77. The molecule has 20 heavy (non-hydrogen) atoms. The van der Waals surface area contributed by atoms with Crippen LogP contribution in [-0.4, -0.2) is 20.3 Å². The normalized spacial score (nSPS) is 10.5. The lowest BCUT2D eigenvalue weighted by Gasteiger charge is -2.12. The van der Waals surface area contributed by atoms with E-state index in [0.29, 0.717) is 6.61 Å². The molecule has 0 bridgehead atoms. The van der Waals surface area contributed by atoms with Gasteiger partial charge in [0.05, 0.1) is 6.61 Å². The molecule has 106 valence electrons. The smallest absolute Gasteiger partial charge is 0.131 e. The molecule has 0 aliphatic heterocycles. The van der Waals surface area contributed by atoms with Gasteiger partial charge in [0.15, 0.2) is 0 Å². The Morgan fingerprint density at radius 1 is 1.05 bits per heavy atom. The van der Waals surface area contributed by atoms with Gasteiger partial charge < -0.3 is 14.8 Å². The van der Waals surface area contributed by atoms with Crippen molar-refractivity contribution in [3.8, 4) is 11.5 Å². The topological polar surface area (TPSA) is 30.5 Å². The lowest BCUT2D eigenvalue weighted by molar-refractivity contribution is 0.199. The molecule has 0 heterocycles. The maximum Gasteiger partial charge on any atom is 0.131 e. The molecule has 1 N–H and O–H groups in total. The van der Waals surface area contributed by atoms with Crippen LogP contribution in [0.4, 0.5) is 0 Å². The molecular formula is C16H18INO2. The average Bonchev–Trinajstić information content (AvgIpc) is 2.47. The number of methoxy groups -OCH3 is 1. The first kappa shape index (κ1) is 15.3. The maximum atomic E-state index is 5.95. The molecule has 2 rings (SSSR count). The monoisotopic (exact) mass is 383 g/mol. The van der Waals surface area contributed by atoms with E-state index in [1.54, 1.807) is 7.11 Å². The van der Waals surface area contributed by atoms with Crippen LogP contribution in [0.1, 0.15) is 5.56 Å². The van der Waals surface area contributed by atoms with Gasteiger partial charge in [-0.3, -0.25) is 0 Å². The molecule has 0 spiro atoms. The largest absolute Gasteiger partial charge is 0.457 e. The highest BCUT2D eigenvalue weighted by Crippen LogP contribution is 2.25. The summed E-state index contributed by atoms with van der Waals surface area (Å²) in [5, 5.41) is 3.33. The van der Waals surface area contributed by atoms with Crippen molar-refractivity contribution in [2.45, 2.75) is 6.54 Å². The van der Waals surface area contributed by atoms with Crippen molar-refractivity contribution in [1.82, 2.24) is 5.32 Å². The van der Waals surface area contributed by atoms with E-state index in [4.69, 9.17) is 9.47 Å². The van der Waals surface area contributed by atoms with Gasteiger partial charge in [0.25, 0.3) is 0 Å². The molecule has 0 saturated heterocycles. The van der Waals surface area contributed by atoms with Crippen molar-refractivity contribution in [2.24, 2.45) is 0 Å². The molecule has 0 aromatic heterocycles. The molecule has 0 aliphatic rings. The van der Waals surface area contributed by atoms with Gasteiger partial charge >= 0.3 is 0 Å². The SMILES string of the molecule is COCCNCc1ccccc1Oc1ccc(I)cc1. The fourth-order valence-corrected chi connectivity index (χ4v) is 2.14. The summed E-state index contributed by atoms with van der Waals surface area (Å²) in [5.41, 5.74) is 1.14. The van der Waals surface area contributed by atoms with E-state index in [9.17, 15) is 0 Å². The third-order valence-corrected chi connectivity index (χ3v) is 3.53. The first-order chi connectivity index (χ1) is 9.79. The van der Waals surface area contributed by atoms with Crippen LogP contribution in [-0.2, 0) is 11.3 Å². The van der Waals surface area contributed by atoms with Gasteiger partial charge in [-0.15, -0.1) is 0 Å². The first-order valence-corrected chi connectivity index (χ1v) is 7.58. The van der Waals surface area contributed by atoms with Crippen LogP contribution in [0.3, 0.4) is 0 Å². The second-order valence-corrected chi connectivity index (χ2v) is 5.58. The Bertz CT molecular complexity index is 528. The predicted octanol–water partition coefficient (Wildman–Crippen LogP) is 3.82. The number of benzene rings is 2. The fraction of sp³-hybridized carbons (Fsp3) is 0.250. The zero-order chi connectivity index (χ0) is 14.2. The van der Waals surface area contributed by atoms with E-state index in [-0.39, 0.29) is 0 Å². The van der Waals surface area contributed by atoms with Gasteiger partial charge in [0, 0.05) is 29.3 Å². The van der Waals surface area contributed by atoms with E-state index in [2.05, 4.69) is 34.0 Å². The second kappa shape index (κ2) is 8.24. The Kier molecular flexibility index (Phi) is 6.29. The number of rotatable bonds is 7. The van der Waals surface area contributed by atoms with Crippen LogP contribution in [0.2, 0.25) is 0 Å². The molecule has 0 fully saturated rings. The molecular weight excluding hydrogens is 365 g/mol. The summed E-state index contributed by atoms with van der Waals surface area (Å²) in [5.74, 6) is 1.74. The highest BCUT2D eigenvalue weighted by atomic mass is 127. The van der Waals surface area contributed by atoms with Crippen LogP contribution in [0.25, 0.3) is 0 Å². The van der Waals surface area contributed by atoms with E-state index in [1.165, 1.54) is 3.57 Å². The van der Waals surface area contributed by atoms with Gasteiger partial charge in [-0.1, -0.05) is 18.2 Å². The quantitative estimate of drug-likeness (QED) is 0.583. The Hall–Kier alpha value is -1.11. The molecule has 4 heteroatoms. The molecule has 0 radical (unpaired) electrons. The van der Waals surface area contributed by atoms with Gasteiger partial charge in [0.1, 0.15) is 11.5 Å². The van der Waals surface area contributed by atoms with Crippen LogP contribution in [0.5, 0.6) is 11.5 Å². The number of para-hydroxylation sites is 1. The molecule has 2 aromatic rings. The Morgan fingerprint density at radius 3 is 2.55 bits per heavy atom. The van der Waals surface area contributed by atoms with Crippen molar-refractivity contribution in [2.75, 3.05) is 20.3 Å². The highest BCUT2D eigenvalue weighted by Gasteiger charge is 2.04. The summed E-state index contributed by atoms with van der Waals surface area (Å²) in [4.78, 5) is 0. The average molecular weight is 383 g/mol.